The normalized spacial score (nSPS) is 24.9. The van der Waals surface area contributed by atoms with Crippen molar-refractivity contribution in [2.24, 2.45) is 11.8 Å². The number of hydroxylamine groups is 2. The van der Waals surface area contributed by atoms with E-state index in [9.17, 15) is 19.9 Å². The summed E-state index contributed by atoms with van der Waals surface area (Å²) in [7, 11) is 0. The molecule has 19 heavy (non-hydrogen) atoms. The molecule has 1 aliphatic rings. The average Bonchev–Trinajstić information content (AvgIpc) is 2.21. The summed E-state index contributed by atoms with van der Waals surface area (Å²) < 4.78 is 0. The van der Waals surface area contributed by atoms with Crippen molar-refractivity contribution in [3.8, 4) is 0 Å². The van der Waals surface area contributed by atoms with Crippen LogP contribution < -0.4 is 0 Å². The molecule has 6 nitrogen and oxygen atoms in total. The fourth-order valence-corrected chi connectivity index (χ4v) is 3.28. The summed E-state index contributed by atoms with van der Waals surface area (Å²) >= 11 is 0. The molecule has 1 rings (SSSR count). The molecule has 0 bridgehead atoms. The van der Waals surface area contributed by atoms with Crippen molar-refractivity contribution >= 4 is 11.9 Å². The van der Waals surface area contributed by atoms with Gasteiger partial charge in [-0.3, -0.25) is 9.59 Å². The summed E-state index contributed by atoms with van der Waals surface area (Å²) in [6.45, 7) is 7.34. The van der Waals surface area contributed by atoms with E-state index in [1.807, 2.05) is 27.7 Å². The molecule has 1 saturated heterocycles. The minimum Gasteiger partial charge on any atom is -0.481 e. The Morgan fingerprint density at radius 3 is 1.89 bits per heavy atom. The molecule has 1 aliphatic heterocycles. The number of nitrogens with zero attached hydrogens (tertiary/aromatic N) is 1. The number of carbonyl (C=O) groups is 2. The van der Waals surface area contributed by atoms with Gasteiger partial charge in [0.15, 0.2) is 0 Å². The lowest BCUT2D eigenvalue weighted by atomic mass is 9.69. The van der Waals surface area contributed by atoms with Crippen molar-refractivity contribution in [3.05, 3.63) is 0 Å². The molecule has 1 fully saturated rings. The number of aliphatic carboxylic acids is 2. The van der Waals surface area contributed by atoms with Gasteiger partial charge in [0, 0.05) is 11.1 Å². The zero-order valence-corrected chi connectivity index (χ0v) is 11.9. The highest BCUT2D eigenvalue weighted by atomic mass is 16.5. The van der Waals surface area contributed by atoms with Crippen molar-refractivity contribution in [2.75, 3.05) is 0 Å². The van der Waals surface area contributed by atoms with E-state index < -0.39 is 28.9 Å². The van der Waals surface area contributed by atoms with Crippen LogP contribution in [0.2, 0.25) is 0 Å². The smallest absolute Gasteiger partial charge is 0.307 e. The standard InChI is InChI=1S/C13H23NO5/c1-12(2)6-8(7-13(3,4)14(12)19)9(11(17)18)5-10(15)16/h8-9,19H,5-7H2,1-4H3,(H,15,16)(H,17,18). The third kappa shape index (κ3) is 3.45. The zero-order chi connectivity index (χ0) is 15.0. The van der Waals surface area contributed by atoms with Crippen LogP contribution in [0.25, 0.3) is 0 Å². The van der Waals surface area contributed by atoms with Crippen molar-refractivity contribution in [1.82, 2.24) is 5.06 Å². The maximum atomic E-state index is 11.3. The topological polar surface area (TPSA) is 98.1 Å². The van der Waals surface area contributed by atoms with Gasteiger partial charge in [0.05, 0.1) is 12.3 Å². The summed E-state index contributed by atoms with van der Waals surface area (Å²) in [4.78, 5) is 22.1. The summed E-state index contributed by atoms with van der Waals surface area (Å²) in [5, 5.41) is 29.5. The first-order valence-corrected chi connectivity index (χ1v) is 6.41. The largest absolute Gasteiger partial charge is 0.481 e. The number of carboxylic acid groups (broad SMARTS) is 2. The van der Waals surface area contributed by atoms with E-state index in [1.165, 1.54) is 5.06 Å². The summed E-state index contributed by atoms with van der Waals surface area (Å²) in [6, 6.07) is 0. The lowest BCUT2D eigenvalue weighted by Gasteiger charge is -2.52. The van der Waals surface area contributed by atoms with E-state index in [2.05, 4.69) is 0 Å². The maximum Gasteiger partial charge on any atom is 0.307 e. The molecule has 1 atom stereocenters. The Kier molecular flexibility index (Phi) is 4.27. The van der Waals surface area contributed by atoms with Gasteiger partial charge in [-0.05, 0) is 46.5 Å². The molecule has 1 unspecified atom stereocenters. The van der Waals surface area contributed by atoms with E-state index in [0.29, 0.717) is 12.8 Å². The molecule has 0 aromatic heterocycles. The SMILES string of the molecule is CC1(C)CC(C(CC(=O)O)C(=O)O)CC(C)(C)N1O. The highest BCUT2D eigenvalue weighted by Crippen LogP contribution is 2.43. The fourth-order valence-electron chi connectivity index (χ4n) is 3.28. The molecule has 0 radical (unpaired) electrons. The van der Waals surface area contributed by atoms with Gasteiger partial charge in [-0.2, -0.15) is 5.06 Å². The Morgan fingerprint density at radius 1 is 1.16 bits per heavy atom. The fraction of sp³-hybridized carbons (Fsp3) is 0.846. The van der Waals surface area contributed by atoms with Gasteiger partial charge in [0.2, 0.25) is 0 Å². The third-order valence-corrected chi connectivity index (χ3v) is 3.95. The van der Waals surface area contributed by atoms with Gasteiger partial charge in [0.1, 0.15) is 0 Å². The summed E-state index contributed by atoms with van der Waals surface area (Å²) in [5.41, 5.74) is -1.14. The molecular formula is C13H23NO5. The molecule has 0 saturated carbocycles. The lowest BCUT2D eigenvalue weighted by Crippen LogP contribution is -2.60. The summed E-state index contributed by atoms with van der Waals surface area (Å²) in [6.07, 6.45) is 0.534. The van der Waals surface area contributed by atoms with Crippen LogP contribution in [0.4, 0.5) is 0 Å². The lowest BCUT2D eigenvalue weighted by molar-refractivity contribution is -0.254. The first-order valence-electron chi connectivity index (χ1n) is 6.41. The van der Waals surface area contributed by atoms with Gasteiger partial charge in [-0.1, -0.05) is 0 Å². The van der Waals surface area contributed by atoms with Crippen molar-refractivity contribution in [1.29, 1.82) is 0 Å². The summed E-state index contributed by atoms with van der Waals surface area (Å²) in [5.74, 6) is -3.36. The van der Waals surface area contributed by atoms with Gasteiger partial charge in [-0.25, -0.2) is 0 Å². The molecule has 0 aliphatic carbocycles. The molecule has 6 heteroatoms. The second-order valence-corrected chi connectivity index (χ2v) is 6.65. The maximum absolute atomic E-state index is 11.3. The van der Waals surface area contributed by atoms with E-state index >= 15 is 0 Å². The molecule has 3 N–H and O–H groups in total. The minimum absolute atomic E-state index is 0.262. The third-order valence-electron chi connectivity index (χ3n) is 3.95. The Balaban J connectivity index is 2.99. The van der Waals surface area contributed by atoms with Crippen LogP contribution in [0.15, 0.2) is 0 Å². The molecular weight excluding hydrogens is 250 g/mol. The number of rotatable bonds is 4. The Bertz CT molecular complexity index is 359. The van der Waals surface area contributed by atoms with Gasteiger partial charge < -0.3 is 15.4 Å². The van der Waals surface area contributed by atoms with Crippen LogP contribution in [-0.4, -0.2) is 43.5 Å². The predicted octanol–water partition coefficient (Wildman–Crippen LogP) is 1.82. The molecule has 110 valence electrons. The van der Waals surface area contributed by atoms with Crippen LogP contribution in [0.5, 0.6) is 0 Å². The molecule has 0 amide bonds. The highest BCUT2D eigenvalue weighted by molar-refractivity contribution is 5.78. The van der Waals surface area contributed by atoms with E-state index in [0.717, 1.165) is 0 Å². The van der Waals surface area contributed by atoms with Crippen molar-refractivity contribution in [3.63, 3.8) is 0 Å². The molecule has 0 spiro atoms. The zero-order valence-electron chi connectivity index (χ0n) is 11.9. The van der Waals surface area contributed by atoms with Gasteiger partial charge >= 0.3 is 11.9 Å². The van der Waals surface area contributed by atoms with Crippen LogP contribution in [0.1, 0.15) is 47.0 Å². The highest BCUT2D eigenvalue weighted by Gasteiger charge is 2.48. The second-order valence-electron chi connectivity index (χ2n) is 6.65. The monoisotopic (exact) mass is 273 g/mol. The number of hydrogen-bond acceptors (Lipinski definition) is 4. The van der Waals surface area contributed by atoms with Crippen molar-refractivity contribution in [2.45, 2.75) is 58.0 Å². The Hall–Kier alpha value is -1.14. The minimum atomic E-state index is -1.10. The molecule has 0 aromatic carbocycles. The Labute approximate surface area is 113 Å². The van der Waals surface area contributed by atoms with E-state index in [4.69, 9.17) is 5.11 Å². The van der Waals surface area contributed by atoms with E-state index in [-0.39, 0.29) is 12.3 Å². The van der Waals surface area contributed by atoms with Crippen molar-refractivity contribution < 1.29 is 25.0 Å². The van der Waals surface area contributed by atoms with E-state index in [1.54, 1.807) is 0 Å². The number of carboxylic acids is 2. The first-order chi connectivity index (χ1) is 8.47. The molecule has 0 aromatic rings. The Morgan fingerprint density at radius 2 is 1.58 bits per heavy atom. The van der Waals surface area contributed by atoms with Gasteiger partial charge in [0.25, 0.3) is 0 Å². The van der Waals surface area contributed by atoms with Gasteiger partial charge in [-0.15, -0.1) is 0 Å². The first kappa shape index (κ1) is 15.9. The second kappa shape index (κ2) is 5.09. The predicted molar refractivity (Wildman–Crippen MR) is 67.9 cm³/mol. The molecule has 1 heterocycles. The van der Waals surface area contributed by atoms with Crippen LogP contribution in [0.3, 0.4) is 0 Å². The van der Waals surface area contributed by atoms with Crippen LogP contribution in [-0.2, 0) is 9.59 Å². The van der Waals surface area contributed by atoms with Crippen LogP contribution >= 0.6 is 0 Å². The quantitative estimate of drug-likeness (QED) is 0.722. The average molecular weight is 273 g/mol. The number of piperidine rings is 1. The number of hydrogen-bond donors (Lipinski definition) is 3. The van der Waals surface area contributed by atoms with Crippen LogP contribution in [0, 0.1) is 11.8 Å².